The summed E-state index contributed by atoms with van der Waals surface area (Å²) in [4.78, 5) is 10.1. The summed E-state index contributed by atoms with van der Waals surface area (Å²) in [6.45, 7) is 1.57. The minimum Gasteiger partial charge on any atom is -0.472 e. The monoisotopic (exact) mass is 212 g/mol. The Morgan fingerprint density at radius 1 is 1.57 bits per heavy atom. The number of rotatable bonds is 0. The van der Waals surface area contributed by atoms with Crippen molar-refractivity contribution in [1.82, 2.24) is 0 Å². The van der Waals surface area contributed by atoms with Gasteiger partial charge < -0.3 is 5.11 Å². The molecule has 1 aromatic rings. The number of carboxylic acids is 1. The molecular formula is C10H6ClFO2. The van der Waals surface area contributed by atoms with Gasteiger partial charge in [-0.2, -0.15) is 0 Å². The van der Waals surface area contributed by atoms with E-state index < -0.39 is 11.8 Å². The molecule has 1 N–H and O–H groups in total. The summed E-state index contributed by atoms with van der Waals surface area (Å²) in [5.41, 5.74) is 0.577. The van der Waals surface area contributed by atoms with E-state index in [0.29, 0.717) is 5.56 Å². The lowest BCUT2D eigenvalue weighted by atomic mass is 10.1. The summed E-state index contributed by atoms with van der Waals surface area (Å²) in [5.74, 6) is 2.39. The highest BCUT2D eigenvalue weighted by Gasteiger charge is 2.03. The van der Waals surface area contributed by atoms with Gasteiger partial charge >= 0.3 is 5.97 Å². The third-order valence-corrected chi connectivity index (χ3v) is 1.87. The summed E-state index contributed by atoms with van der Waals surface area (Å²) >= 11 is 5.72. The molecule has 0 spiro atoms. The van der Waals surface area contributed by atoms with Crippen LogP contribution in [0.2, 0.25) is 5.02 Å². The first-order valence-corrected chi connectivity index (χ1v) is 4.09. The zero-order valence-electron chi connectivity index (χ0n) is 7.27. The maximum absolute atomic E-state index is 13.0. The maximum Gasteiger partial charge on any atom is 0.382 e. The predicted molar refractivity (Wildman–Crippen MR) is 50.7 cm³/mol. The molecule has 0 saturated heterocycles. The van der Waals surface area contributed by atoms with Gasteiger partial charge in [0.25, 0.3) is 0 Å². The summed E-state index contributed by atoms with van der Waals surface area (Å²) in [6, 6.07) is 2.52. The van der Waals surface area contributed by atoms with Crippen LogP contribution in [0, 0.1) is 24.6 Å². The fourth-order valence-corrected chi connectivity index (χ4v) is 1.13. The Bertz CT molecular complexity index is 443. The van der Waals surface area contributed by atoms with E-state index >= 15 is 0 Å². The second-order valence-electron chi connectivity index (χ2n) is 2.64. The van der Waals surface area contributed by atoms with Crippen molar-refractivity contribution in [2.75, 3.05) is 0 Å². The van der Waals surface area contributed by atoms with Crippen molar-refractivity contribution in [2.24, 2.45) is 0 Å². The highest BCUT2D eigenvalue weighted by atomic mass is 35.5. The Morgan fingerprint density at radius 3 is 2.79 bits per heavy atom. The van der Waals surface area contributed by atoms with E-state index in [1.54, 1.807) is 6.92 Å². The Morgan fingerprint density at radius 2 is 2.21 bits per heavy atom. The van der Waals surface area contributed by atoms with Crippen LogP contribution >= 0.6 is 11.6 Å². The van der Waals surface area contributed by atoms with E-state index in [2.05, 4.69) is 5.92 Å². The quantitative estimate of drug-likeness (QED) is 0.670. The topological polar surface area (TPSA) is 37.3 Å². The number of aryl methyl sites for hydroxylation is 1. The highest BCUT2D eigenvalue weighted by molar-refractivity contribution is 6.31. The second kappa shape index (κ2) is 4.12. The smallest absolute Gasteiger partial charge is 0.382 e. The molecule has 0 aliphatic carbocycles. The van der Waals surface area contributed by atoms with Crippen molar-refractivity contribution in [3.8, 4) is 11.8 Å². The van der Waals surface area contributed by atoms with Crippen LogP contribution in [-0.4, -0.2) is 11.1 Å². The number of halogens is 2. The Kier molecular flexibility index (Phi) is 3.10. The van der Waals surface area contributed by atoms with Gasteiger partial charge in [-0.15, -0.1) is 0 Å². The zero-order valence-corrected chi connectivity index (χ0v) is 8.02. The number of carboxylic acid groups (broad SMARTS) is 1. The first-order chi connectivity index (χ1) is 6.50. The molecule has 0 aliphatic rings. The molecule has 0 heterocycles. The third-order valence-electron chi connectivity index (χ3n) is 1.55. The molecule has 0 fully saturated rings. The largest absolute Gasteiger partial charge is 0.472 e. The molecule has 0 unspecified atom stereocenters. The minimum atomic E-state index is -1.28. The maximum atomic E-state index is 13.0. The zero-order chi connectivity index (χ0) is 10.7. The van der Waals surface area contributed by atoms with Gasteiger partial charge in [0, 0.05) is 11.5 Å². The van der Waals surface area contributed by atoms with Gasteiger partial charge in [0.05, 0.1) is 5.02 Å². The number of aliphatic carboxylic acids is 1. The van der Waals surface area contributed by atoms with Crippen LogP contribution in [0.3, 0.4) is 0 Å². The molecular weight excluding hydrogens is 207 g/mol. The van der Waals surface area contributed by atoms with Crippen molar-refractivity contribution in [3.63, 3.8) is 0 Å². The van der Waals surface area contributed by atoms with Crippen LogP contribution in [0.15, 0.2) is 12.1 Å². The number of hydrogen-bond acceptors (Lipinski definition) is 1. The first-order valence-electron chi connectivity index (χ1n) is 3.71. The van der Waals surface area contributed by atoms with Crippen molar-refractivity contribution in [1.29, 1.82) is 0 Å². The Balaban J connectivity index is 3.18. The van der Waals surface area contributed by atoms with Gasteiger partial charge in [-0.1, -0.05) is 17.5 Å². The first kappa shape index (κ1) is 10.6. The molecule has 0 radical (unpaired) electrons. The molecule has 1 aromatic carbocycles. The van der Waals surface area contributed by atoms with E-state index in [4.69, 9.17) is 16.7 Å². The lowest BCUT2D eigenvalue weighted by Crippen LogP contribution is -1.89. The van der Waals surface area contributed by atoms with Crippen molar-refractivity contribution in [2.45, 2.75) is 6.92 Å². The van der Waals surface area contributed by atoms with Gasteiger partial charge in [-0.25, -0.2) is 9.18 Å². The van der Waals surface area contributed by atoms with Crippen LogP contribution in [0.5, 0.6) is 0 Å². The van der Waals surface area contributed by atoms with E-state index in [1.165, 1.54) is 6.07 Å². The summed E-state index contributed by atoms with van der Waals surface area (Å²) < 4.78 is 13.0. The van der Waals surface area contributed by atoms with Crippen LogP contribution in [0.1, 0.15) is 11.1 Å². The average molecular weight is 213 g/mol. The number of benzene rings is 1. The molecule has 2 nitrogen and oxygen atoms in total. The van der Waals surface area contributed by atoms with Crippen molar-refractivity contribution in [3.05, 3.63) is 34.1 Å². The van der Waals surface area contributed by atoms with Crippen molar-refractivity contribution < 1.29 is 14.3 Å². The molecule has 0 aliphatic heterocycles. The third kappa shape index (κ3) is 2.48. The van der Waals surface area contributed by atoms with Gasteiger partial charge in [0.2, 0.25) is 0 Å². The average Bonchev–Trinajstić information content (AvgIpc) is 2.09. The Labute approximate surface area is 85.3 Å². The van der Waals surface area contributed by atoms with Crippen molar-refractivity contribution >= 4 is 17.6 Å². The lowest BCUT2D eigenvalue weighted by molar-refractivity contribution is -0.130. The molecule has 14 heavy (non-hydrogen) atoms. The molecule has 0 amide bonds. The van der Waals surface area contributed by atoms with E-state index in [-0.39, 0.29) is 10.6 Å². The van der Waals surface area contributed by atoms with E-state index in [9.17, 15) is 9.18 Å². The van der Waals surface area contributed by atoms with Gasteiger partial charge in [0.15, 0.2) is 0 Å². The SMILES string of the molecule is Cc1cc(Cl)c(C#CC(=O)O)cc1F. The summed E-state index contributed by atoms with van der Waals surface area (Å²) in [7, 11) is 0. The standard InChI is InChI=1S/C10H6ClFO2/c1-6-4-8(11)7(5-9(6)12)2-3-10(13)14/h4-5H,1H3,(H,13,14). The Hall–Kier alpha value is -1.53. The molecule has 72 valence electrons. The van der Waals surface area contributed by atoms with Crippen LogP contribution < -0.4 is 0 Å². The van der Waals surface area contributed by atoms with E-state index in [1.807, 2.05) is 5.92 Å². The number of hydrogen-bond donors (Lipinski definition) is 1. The molecule has 4 heteroatoms. The summed E-state index contributed by atoms with van der Waals surface area (Å²) in [5, 5.41) is 8.53. The number of carbonyl (C=O) groups is 1. The van der Waals surface area contributed by atoms with E-state index in [0.717, 1.165) is 6.07 Å². The fraction of sp³-hybridized carbons (Fsp3) is 0.100. The molecule has 0 atom stereocenters. The normalized spacial score (nSPS) is 9.07. The minimum absolute atomic E-state index is 0.178. The van der Waals surface area contributed by atoms with Crippen LogP contribution in [0.4, 0.5) is 4.39 Å². The molecule has 1 rings (SSSR count). The molecule has 0 bridgehead atoms. The predicted octanol–water partition coefficient (Wildman–Crippen LogP) is 2.22. The fourth-order valence-electron chi connectivity index (χ4n) is 0.863. The van der Waals surface area contributed by atoms with Gasteiger partial charge in [-0.05, 0) is 24.6 Å². The van der Waals surface area contributed by atoms with Crippen LogP contribution in [0.25, 0.3) is 0 Å². The van der Waals surface area contributed by atoms with Gasteiger partial charge in [-0.3, -0.25) is 0 Å². The van der Waals surface area contributed by atoms with Gasteiger partial charge in [0.1, 0.15) is 5.82 Å². The summed E-state index contributed by atoms with van der Waals surface area (Å²) in [6.07, 6.45) is 0. The molecule has 0 saturated carbocycles. The second-order valence-corrected chi connectivity index (χ2v) is 3.04. The van der Waals surface area contributed by atoms with Crippen LogP contribution in [-0.2, 0) is 4.79 Å². The lowest BCUT2D eigenvalue weighted by Gasteiger charge is -1.99. The highest BCUT2D eigenvalue weighted by Crippen LogP contribution is 2.19. The molecule has 0 aromatic heterocycles.